The Morgan fingerprint density at radius 3 is 2.47 bits per heavy atom. The molecule has 5 heteroatoms. The molecule has 19 heavy (non-hydrogen) atoms. The van der Waals surface area contributed by atoms with Crippen LogP contribution >= 0.6 is 0 Å². The lowest BCUT2D eigenvalue weighted by Crippen LogP contribution is -2.27. The molecule has 1 N–H and O–H groups in total. The molecule has 1 fully saturated rings. The fourth-order valence-electron chi connectivity index (χ4n) is 2.52. The summed E-state index contributed by atoms with van der Waals surface area (Å²) in [7, 11) is 1.36. The molecule has 0 radical (unpaired) electrons. The number of ether oxygens (including phenoxy) is 1. The fourth-order valence-corrected chi connectivity index (χ4v) is 2.52. The van der Waals surface area contributed by atoms with E-state index in [-0.39, 0.29) is 37.4 Å². The van der Waals surface area contributed by atoms with Crippen molar-refractivity contribution in [1.29, 1.82) is 0 Å². The SMILES string of the molecule is COc1ccc(C(O)C2CCC(F)(F)CC2)cc1F. The van der Waals surface area contributed by atoms with Crippen molar-refractivity contribution in [2.45, 2.75) is 37.7 Å². The van der Waals surface area contributed by atoms with Crippen molar-refractivity contribution in [1.82, 2.24) is 0 Å². The molecule has 0 bridgehead atoms. The van der Waals surface area contributed by atoms with Crippen molar-refractivity contribution in [2.75, 3.05) is 7.11 Å². The molecule has 1 aromatic carbocycles. The predicted molar refractivity (Wildman–Crippen MR) is 64.8 cm³/mol. The first-order valence-corrected chi connectivity index (χ1v) is 6.32. The van der Waals surface area contributed by atoms with E-state index < -0.39 is 17.8 Å². The Bertz CT molecular complexity index is 438. The molecule has 1 aliphatic rings. The van der Waals surface area contributed by atoms with Gasteiger partial charge in [0.1, 0.15) is 0 Å². The van der Waals surface area contributed by atoms with E-state index in [1.54, 1.807) is 6.07 Å². The van der Waals surface area contributed by atoms with E-state index in [0.717, 1.165) is 0 Å². The molecule has 1 aromatic rings. The number of alkyl halides is 2. The molecular weight excluding hydrogens is 257 g/mol. The third-order valence-corrected chi connectivity index (χ3v) is 3.73. The zero-order valence-electron chi connectivity index (χ0n) is 10.7. The smallest absolute Gasteiger partial charge is 0.248 e. The van der Waals surface area contributed by atoms with Crippen molar-refractivity contribution < 1.29 is 23.0 Å². The Morgan fingerprint density at radius 1 is 1.32 bits per heavy atom. The lowest BCUT2D eigenvalue weighted by molar-refractivity contribution is -0.0627. The molecule has 0 amide bonds. The largest absolute Gasteiger partial charge is 0.494 e. The molecule has 0 aliphatic heterocycles. The summed E-state index contributed by atoms with van der Waals surface area (Å²) in [6.45, 7) is 0. The van der Waals surface area contributed by atoms with Crippen LogP contribution in [0.4, 0.5) is 13.2 Å². The van der Waals surface area contributed by atoms with Crippen LogP contribution in [0.15, 0.2) is 18.2 Å². The number of hydrogen-bond acceptors (Lipinski definition) is 2. The lowest BCUT2D eigenvalue weighted by Gasteiger charge is -2.31. The van der Waals surface area contributed by atoms with Gasteiger partial charge in [0.25, 0.3) is 0 Å². The van der Waals surface area contributed by atoms with Crippen LogP contribution in [0, 0.1) is 11.7 Å². The second-order valence-corrected chi connectivity index (χ2v) is 5.03. The fraction of sp³-hybridized carbons (Fsp3) is 0.571. The first-order valence-electron chi connectivity index (χ1n) is 6.32. The summed E-state index contributed by atoms with van der Waals surface area (Å²) in [5.74, 6) is -3.32. The van der Waals surface area contributed by atoms with Crippen LogP contribution in [0.3, 0.4) is 0 Å². The van der Waals surface area contributed by atoms with Gasteiger partial charge in [0.15, 0.2) is 11.6 Å². The van der Waals surface area contributed by atoms with E-state index in [2.05, 4.69) is 0 Å². The van der Waals surface area contributed by atoms with E-state index in [4.69, 9.17) is 4.74 Å². The standard InChI is InChI=1S/C14H17F3O2/c1-19-12-3-2-10(8-11(12)15)13(18)9-4-6-14(16,17)7-5-9/h2-3,8-9,13,18H,4-7H2,1H3. The highest BCUT2D eigenvalue weighted by Crippen LogP contribution is 2.41. The van der Waals surface area contributed by atoms with E-state index in [0.29, 0.717) is 5.56 Å². The number of benzene rings is 1. The van der Waals surface area contributed by atoms with Gasteiger partial charge in [-0.2, -0.15) is 0 Å². The maximum absolute atomic E-state index is 13.5. The summed E-state index contributed by atoms with van der Waals surface area (Å²) >= 11 is 0. The van der Waals surface area contributed by atoms with Gasteiger partial charge in [-0.15, -0.1) is 0 Å². The van der Waals surface area contributed by atoms with Gasteiger partial charge in [-0.1, -0.05) is 6.07 Å². The van der Waals surface area contributed by atoms with Gasteiger partial charge < -0.3 is 9.84 Å². The minimum absolute atomic E-state index is 0.103. The predicted octanol–water partition coefficient (Wildman–Crippen LogP) is 3.69. The van der Waals surface area contributed by atoms with Crippen molar-refractivity contribution >= 4 is 0 Å². The van der Waals surface area contributed by atoms with Crippen LogP contribution in [-0.4, -0.2) is 18.1 Å². The summed E-state index contributed by atoms with van der Waals surface area (Å²) in [4.78, 5) is 0. The first kappa shape index (κ1) is 14.2. The highest BCUT2D eigenvalue weighted by Gasteiger charge is 2.37. The van der Waals surface area contributed by atoms with Crippen LogP contribution < -0.4 is 4.74 Å². The lowest BCUT2D eigenvalue weighted by atomic mass is 9.81. The summed E-state index contributed by atoms with van der Waals surface area (Å²) in [5.41, 5.74) is 0.411. The minimum Gasteiger partial charge on any atom is -0.494 e. The second kappa shape index (κ2) is 5.41. The topological polar surface area (TPSA) is 29.5 Å². The van der Waals surface area contributed by atoms with Gasteiger partial charge in [0.2, 0.25) is 5.92 Å². The van der Waals surface area contributed by atoms with Gasteiger partial charge in [-0.3, -0.25) is 0 Å². The van der Waals surface area contributed by atoms with E-state index in [1.165, 1.54) is 19.2 Å². The second-order valence-electron chi connectivity index (χ2n) is 5.03. The molecule has 0 aromatic heterocycles. The van der Waals surface area contributed by atoms with E-state index in [1.807, 2.05) is 0 Å². The van der Waals surface area contributed by atoms with Crippen LogP contribution in [0.2, 0.25) is 0 Å². The van der Waals surface area contributed by atoms with Crippen molar-refractivity contribution in [3.8, 4) is 5.75 Å². The summed E-state index contributed by atoms with van der Waals surface area (Å²) in [5, 5.41) is 10.2. The third kappa shape index (κ3) is 3.21. The Morgan fingerprint density at radius 2 is 1.95 bits per heavy atom. The van der Waals surface area contributed by atoms with Crippen molar-refractivity contribution in [2.24, 2.45) is 5.92 Å². The molecule has 1 saturated carbocycles. The quantitative estimate of drug-likeness (QED) is 0.910. The molecule has 0 heterocycles. The molecule has 1 aliphatic carbocycles. The first-order chi connectivity index (χ1) is 8.93. The van der Waals surface area contributed by atoms with Gasteiger partial charge in [0.05, 0.1) is 13.2 Å². The zero-order valence-corrected chi connectivity index (χ0v) is 10.7. The Labute approximate surface area is 110 Å². The van der Waals surface area contributed by atoms with Crippen molar-refractivity contribution in [3.05, 3.63) is 29.6 Å². The highest BCUT2D eigenvalue weighted by atomic mass is 19.3. The van der Waals surface area contributed by atoms with E-state index >= 15 is 0 Å². The van der Waals surface area contributed by atoms with Gasteiger partial charge in [-0.05, 0) is 36.5 Å². The van der Waals surface area contributed by atoms with Crippen LogP contribution in [0.25, 0.3) is 0 Å². The average molecular weight is 274 g/mol. The summed E-state index contributed by atoms with van der Waals surface area (Å²) in [6.07, 6.45) is -0.832. The number of aliphatic hydroxyl groups excluding tert-OH is 1. The molecule has 1 atom stereocenters. The maximum Gasteiger partial charge on any atom is 0.248 e. The third-order valence-electron chi connectivity index (χ3n) is 3.73. The molecular formula is C14H17F3O2. The summed E-state index contributed by atoms with van der Waals surface area (Å²) < 4.78 is 44.4. The Balaban J connectivity index is 2.08. The molecule has 2 nitrogen and oxygen atoms in total. The zero-order chi connectivity index (χ0) is 14.0. The summed E-state index contributed by atoms with van der Waals surface area (Å²) in [6, 6.07) is 4.21. The Kier molecular flexibility index (Phi) is 4.04. The maximum atomic E-state index is 13.5. The normalized spacial score (nSPS) is 21.1. The van der Waals surface area contributed by atoms with Crippen LogP contribution in [0.1, 0.15) is 37.4 Å². The van der Waals surface area contributed by atoms with Crippen molar-refractivity contribution in [3.63, 3.8) is 0 Å². The number of aliphatic hydroxyl groups is 1. The van der Waals surface area contributed by atoms with Crippen LogP contribution in [0.5, 0.6) is 5.75 Å². The highest BCUT2D eigenvalue weighted by molar-refractivity contribution is 5.30. The van der Waals surface area contributed by atoms with Gasteiger partial charge in [0, 0.05) is 12.8 Å². The van der Waals surface area contributed by atoms with Crippen LogP contribution in [-0.2, 0) is 0 Å². The Hall–Kier alpha value is -1.23. The molecule has 106 valence electrons. The molecule has 0 spiro atoms. The number of hydrogen-bond donors (Lipinski definition) is 1. The van der Waals surface area contributed by atoms with E-state index in [9.17, 15) is 18.3 Å². The molecule has 1 unspecified atom stereocenters. The molecule has 2 rings (SSSR count). The number of rotatable bonds is 3. The number of halogens is 3. The van der Waals surface area contributed by atoms with Gasteiger partial charge >= 0.3 is 0 Å². The average Bonchev–Trinajstić information content (AvgIpc) is 2.38. The minimum atomic E-state index is -2.62. The number of methoxy groups -OCH3 is 1. The monoisotopic (exact) mass is 274 g/mol. The molecule has 0 saturated heterocycles. The van der Waals surface area contributed by atoms with Gasteiger partial charge in [-0.25, -0.2) is 13.2 Å².